The van der Waals surface area contributed by atoms with Crippen LogP contribution in [0.2, 0.25) is 0 Å². The van der Waals surface area contributed by atoms with Crippen LogP contribution in [0.25, 0.3) is 0 Å². The van der Waals surface area contributed by atoms with Crippen molar-refractivity contribution in [2.24, 2.45) is 9.98 Å². The smallest absolute Gasteiger partial charge is 0.127 e. The quantitative estimate of drug-likeness (QED) is 0.463. The van der Waals surface area contributed by atoms with Crippen molar-refractivity contribution >= 4 is 12.6 Å². The summed E-state index contributed by atoms with van der Waals surface area (Å²) in [6.45, 7) is 5.50. The maximum Gasteiger partial charge on any atom is 0.127 e. The van der Waals surface area contributed by atoms with Crippen molar-refractivity contribution in [2.45, 2.75) is 13.3 Å². The zero-order chi connectivity index (χ0) is 9.56. The summed E-state index contributed by atoms with van der Waals surface area (Å²) in [5.74, 6) is 0.963. The molecule has 0 unspecified atom stereocenters. The van der Waals surface area contributed by atoms with Crippen molar-refractivity contribution < 1.29 is 0 Å². The Bertz CT molecular complexity index is 202. The van der Waals surface area contributed by atoms with Gasteiger partial charge in [-0.2, -0.15) is 0 Å². The highest BCUT2D eigenvalue weighted by Gasteiger charge is 2.05. The van der Waals surface area contributed by atoms with E-state index in [-0.39, 0.29) is 0 Å². The minimum Gasteiger partial charge on any atom is -0.363 e. The molecule has 0 N–H and O–H groups in total. The molecule has 0 aliphatic carbocycles. The first kappa shape index (κ1) is 10.9. The summed E-state index contributed by atoms with van der Waals surface area (Å²) in [4.78, 5) is 9.88. The van der Waals surface area contributed by atoms with Gasteiger partial charge in [0.15, 0.2) is 0 Å². The number of hydrogen-bond donors (Lipinski definition) is 0. The maximum atomic E-state index is 4.16. The first-order chi connectivity index (χ1) is 5.67. The number of rotatable bonds is 3. The number of likely N-dealkylation sites (N-methyl/N-ethyl adjacent to an activating group) is 1. The Hall–Kier alpha value is -1.12. The molecule has 0 aromatic carbocycles. The molecule has 0 amide bonds. The highest BCUT2D eigenvalue weighted by molar-refractivity contribution is 5.97. The van der Waals surface area contributed by atoms with Gasteiger partial charge < -0.3 is 4.90 Å². The summed E-state index contributed by atoms with van der Waals surface area (Å²) in [6.07, 6.45) is 2.67. The molecule has 0 heterocycles. The highest BCUT2D eigenvalue weighted by Crippen LogP contribution is 2.05. The molecule has 3 heteroatoms. The van der Waals surface area contributed by atoms with Crippen molar-refractivity contribution in [3.63, 3.8) is 0 Å². The third-order valence-corrected chi connectivity index (χ3v) is 1.55. The second-order valence-electron chi connectivity index (χ2n) is 2.63. The van der Waals surface area contributed by atoms with Crippen LogP contribution in [0.15, 0.2) is 21.8 Å². The number of hydrogen-bond acceptors (Lipinski definition) is 2. The van der Waals surface area contributed by atoms with Crippen LogP contribution in [0.1, 0.15) is 13.3 Å². The molecule has 0 radical (unpaired) electrons. The average molecular weight is 167 g/mol. The fourth-order valence-electron chi connectivity index (χ4n) is 1.05. The molecule has 0 bridgehead atoms. The maximum absolute atomic E-state index is 4.16. The van der Waals surface area contributed by atoms with Crippen LogP contribution in [0.3, 0.4) is 0 Å². The predicted octanol–water partition coefficient (Wildman–Crippen LogP) is 1.57. The fourth-order valence-corrected chi connectivity index (χ4v) is 1.05. The summed E-state index contributed by atoms with van der Waals surface area (Å²) < 4.78 is 0. The molecule has 0 fully saturated rings. The average Bonchev–Trinajstić information content (AvgIpc) is 2.03. The van der Waals surface area contributed by atoms with E-state index < -0.39 is 0 Å². The molecule has 3 nitrogen and oxygen atoms in total. The highest BCUT2D eigenvalue weighted by atomic mass is 15.1. The van der Waals surface area contributed by atoms with Crippen LogP contribution in [0.5, 0.6) is 0 Å². The SMILES string of the molecule is C=N/C=C(/CC)C(=NC)N(C)C. The van der Waals surface area contributed by atoms with Crippen LogP contribution in [-0.2, 0) is 0 Å². The molecular formula is C9H17N3. The molecule has 0 saturated carbocycles. The van der Waals surface area contributed by atoms with Gasteiger partial charge >= 0.3 is 0 Å². The van der Waals surface area contributed by atoms with E-state index in [4.69, 9.17) is 0 Å². The van der Waals surface area contributed by atoms with E-state index in [9.17, 15) is 0 Å². The lowest BCUT2D eigenvalue weighted by atomic mass is 10.2. The third-order valence-electron chi connectivity index (χ3n) is 1.55. The molecular weight excluding hydrogens is 150 g/mol. The second-order valence-corrected chi connectivity index (χ2v) is 2.63. The molecule has 12 heavy (non-hydrogen) atoms. The lowest BCUT2D eigenvalue weighted by Crippen LogP contribution is -2.23. The lowest BCUT2D eigenvalue weighted by Gasteiger charge is -2.16. The molecule has 0 aliphatic heterocycles. The monoisotopic (exact) mass is 167 g/mol. The van der Waals surface area contributed by atoms with Gasteiger partial charge in [-0.1, -0.05) is 6.92 Å². The Morgan fingerprint density at radius 3 is 2.33 bits per heavy atom. The minimum atomic E-state index is 0.921. The summed E-state index contributed by atoms with van der Waals surface area (Å²) in [7, 11) is 5.71. The summed E-state index contributed by atoms with van der Waals surface area (Å²) in [5.41, 5.74) is 1.11. The van der Waals surface area contributed by atoms with Gasteiger partial charge in [0, 0.05) is 32.9 Å². The molecule has 0 saturated heterocycles. The van der Waals surface area contributed by atoms with Gasteiger partial charge in [0.25, 0.3) is 0 Å². The Morgan fingerprint density at radius 1 is 1.50 bits per heavy atom. The van der Waals surface area contributed by atoms with E-state index in [1.54, 1.807) is 13.2 Å². The van der Waals surface area contributed by atoms with E-state index in [2.05, 4.69) is 23.6 Å². The first-order valence-electron chi connectivity index (χ1n) is 3.96. The van der Waals surface area contributed by atoms with Crippen molar-refractivity contribution in [2.75, 3.05) is 21.1 Å². The van der Waals surface area contributed by atoms with Crippen LogP contribution < -0.4 is 0 Å². The van der Waals surface area contributed by atoms with Crippen molar-refractivity contribution in [3.8, 4) is 0 Å². The van der Waals surface area contributed by atoms with Crippen molar-refractivity contribution in [3.05, 3.63) is 11.8 Å². The van der Waals surface area contributed by atoms with Gasteiger partial charge in [-0.25, -0.2) is 0 Å². The van der Waals surface area contributed by atoms with Gasteiger partial charge in [-0.05, 0) is 13.1 Å². The standard InChI is InChI=1S/C9H17N3/c1-6-8(7-10-2)9(11-3)12(4)5/h7H,2,6H2,1,3-5H3/b8-7-,11-9?. The van der Waals surface area contributed by atoms with Gasteiger partial charge in [0.2, 0.25) is 0 Å². The molecule has 0 aliphatic rings. The van der Waals surface area contributed by atoms with E-state index >= 15 is 0 Å². The van der Waals surface area contributed by atoms with Crippen LogP contribution in [-0.4, -0.2) is 38.6 Å². The van der Waals surface area contributed by atoms with Crippen LogP contribution in [0, 0.1) is 0 Å². The van der Waals surface area contributed by atoms with E-state index in [1.165, 1.54) is 0 Å². The summed E-state index contributed by atoms with van der Waals surface area (Å²) in [5, 5.41) is 0. The zero-order valence-corrected chi connectivity index (χ0v) is 8.33. The van der Waals surface area contributed by atoms with Crippen molar-refractivity contribution in [1.29, 1.82) is 0 Å². The molecule has 0 rings (SSSR count). The molecule has 0 aromatic heterocycles. The molecule has 0 aromatic rings. The molecule has 0 atom stereocenters. The Morgan fingerprint density at radius 2 is 2.08 bits per heavy atom. The van der Waals surface area contributed by atoms with E-state index in [1.807, 2.05) is 19.0 Å². The third kappa shape index (κ3) is 2.86. The van der Waals surface area contributed by atoms with Crippen LogP contribution >= 0.6 is 0 Å². The lowest BCUT2D eigenvalue weighted by molar-refractivity contribution is 0.618. The van der Waals surface area contributed by atoms with Gasteiger partial charge in [0.1, 0.15) is 5.84 Å². The second kappa shape index (κ2) is 5.52. The topological polar surface area (TPSA) is 28.0 Å². The summed E-state index contributed by atoms with van der Waals surface area (Å²) >= 11 is 0. The zero-order valence-electron chi connectivity index (χ0n) is 8.33. The number of amidine groups is 1. The normalized spacial score (nSPS) is 13.0. The summed E-state index contributed by atoms with van der Waals surface area (Å²) in [6, 6.07) is 0. The first-order valence-corrected chi connectivity index (χ1v) is 3.96. The number of nitrogens with zero attached hydrogens (tertiary/aromatic N) is 3. The molecule has 68 valence electrons. The fraction of sp³-hybridized carbons (Fsp3) is 0.556. The largest absolute Gasteiger partial charge is 0.363 e. The number of aliphatic imine (C=N–C) groups is 2. The Labute approximate surface area is 74.5 Å². The molecule has 0 spiro atoms. The van der Waals surface area contributed by atoms with Gasteiger partial charge in [0.05, 0.1) is 0 Å². The predicted molar refractivity (Wildman–Crippen MR) is 55.0 cm³/mol. The van der Waals surface area contributed by atoms with Crippen LogP contribution in [0.4, 0.5) is 0 Å². The Kier molecular flexibility index (Phi) is 5.00. The van der Waals surface area contributed by atoms with E-state index in [0.717, 1.165) is 17.8 Å². The minimum absolute atomic E-state index is 0.921. The Balaban J connectivity index is 4.69. The van der Waals surface area contributed by atoms with Gasteiger partial charge in [-0.3, -0.25) is 9.98 Å². The van der Waals surface area contributed by atoms with Crippen molar-refractivity contribution in [1.82, 2.24) is 4.90 Å². The van der Waals surface area contributed by atoms with E-state index in [0.29, 0.717) is 0 Å². The van der Waals surface area contributed by atoms with Gasteiger partial charge in [-0.15, -0.1) is 0 Å².